The Labute approximate surface area is 633 Å². The highest BCUT2D eigenvalue weighted by atomic mass is 16.5. The fourth-order valence-corrected chi connectivity index (χ4v) is 27.3. The van der Waals surface area contributed by atoms with E-state index in [-0.39, 0.29) is 146 Å². The molecule has 0 aromatic carbocycles. The van der Waals surface area contributed by atoms with Crippen LogP contribution in [-0.2, 0) is 37.9 Å². The van der Waals surface area contributed by atoms with E-state index < -0.39 is 0 Å². The molecule has 8 bridgehead atoms. The molecular weight excluding hydrogens is 1300 g/mol. The number of rotatable bonds is 32. The highest BCUT2D eigenvalue weighted by Gasteiger charge is 2.69. The van der Waals surface area contributed by atoms with Crippen LogP contribution in [0.2, 0.25) is 0 Å². The monoisotopic (exact) mass is 1450 g/mol. The average molecular weight is 1450 g/mol. The molecule has 16 nitrogen and oxygen atoms in total. The van der Waals surface area contributed by atoms with Gasteiger partial charge in [0.25, 0.3) is 0 Å². The summed E-state index contributed by atoms with van der Waals surface area (Å²) in [5, 5.41) is 38.2. The van der Waals surface area contributed by atoms with Crippen LogP contribution in [0.15, 0.2) is 0 Å². The van der Waals surface area contributed by atoms with E-state index in [4.69, 9.17) is 80.4 Å². The molecule has 0 spiro atoms. The molecule has 0 radical (unpaired) electrons. The zero-order chi connectivity index (χ0) is 71.2. The molecule has 15 rings (SSSR count). The van der Waals surface area contributed by atoms with Crippen molar-refractivity contribution in [2.24, 2.45) is 118 Å². The zero-order valence-corrected chi connectivity index (χ0v) is 67.2. The van der Waals surface area contributed by atoms with E-state index in [9.17, 15) is 0 Å². The van der Waals surface area contributed by atoms with E-state index in [0.29, 0.717) is 47.3 Å². The first-order valence-electron chi connectivity index (χ1n) is 46.3. The molecule has 0 aromatic rings. The molecule has 5 saturated heterocycles. The quantitative estimate of drug-likeness (QED) is 0.0299. The van der Waals surface area contributed by atoms with Crippen molar-refractivity contribution in [3.05, 3.63) is 0 Å². The van der Waals surface area contributed by atoms with Crippen molar-refractivity contribution in [1.82, 2.24) is 42.5 Å². The van der Waals surface area contributed by atoms with Gasteiger partial charge in [-0.25, -0.2) is 0 Å². The van der Waals surface area contributed by atoms with E-state index in [1.54, 1.807) is 0 Å². The molecule has 596 valence electrons. The van der Waals surface area contributed by atoms with E-state index in [2.05, 4.69) is 55.4 Å². The Morgan fingerprint density at radius 1 is 0.192 bits per heavy atom. The van der Waals surface area contributed by atoms with Crippen LogP contribution in [0, 0.1) is 118 Å². The van der Waals surface area contributed by atoms with Crippen molar-refractivity contribution >= 4 is 0 Å². The fourth-order valence-electron chi connectivity index (χ4n) is 27.3. The topological polar surface area (TPSA) is 170 Å². The van der Waals surface area contributed by atoms with Gasteiger partial charge in [-0.3, -0.25) is 42.5 Å². The normalized spacial score (nSPS) is 47.8. The van der Waals surface area contributed by atoms with Crippen LogP contribution in [0.3, 0.4) is 0 Å². The van der Waals surface area contributed by atoms with Gasteiger partial charge in [0.05, 0.1) is 98.2 Å². The highest BCUT2D eigenvalue weighted by Crippen LogP contribution is 2.61. The van der Waals surface area contributed by atoms with Crippen molar-refractivity contribution in [2.75, 3.05) is 52.9 Å². The first-order valence-corrected chi connectivity index (χ1v) is 46.3. The molecule has 10 aliphatic carbocycles. The Bertz CT molecular complexity index is 2230. The summed E-state index contributed by atoms with van der Waals surface area (Å²) in [6.45, 7) is 25.3. The van der Waals surface area contributed by atoms with E-state index >= 15 is 0 Å². The molecule has 5 aliphatic heterocycles. The average Bonchev–Trinajstić information content (AvgIpc) is 1.63. The van der Waals surface area contributed by atoms with Gasteiger partial charge in [0.15, 0.2) is 0 Å². The third-order valence-corrected chi connectivity index (χ3v) is 31.9. The largest absolute Gasteiger partial charge is 0.378 e. The molecule has 8 N–H and O–H groups in total. The summed E-state index contributed by atoms with van der Waals surface area (Å²) in [6, 6.07) is 0. The minimum atomic E-state index is -0.0704. The van der Waals surface area contributed by atoms with Gasteiger partial charge in [0.1, 0.15) is 0 Å². The molecule has 0 aromatic heterocycles. The maximum absolute atomic E-state index is 7.89. The lowest BCUT2D eigenvalue weighted by molar-refractivity contribution is -0.190. The highest BCUT2D eigenvalue weighted by molar-refractivity contribution is 5.20. The zero-order valence-electron chi connectivity index (χ0n) is 67.2. The molecule has 10 saturated carbocycles. The third-order valence-electron chi connectivity index (χ3n) is 31.9. The lowest BCUT2D eigenvalue weighted by Crippen LogP contribution is -2.64. The number of ether oxygens (including phenoxy) is 8. The molecule has 36 unspecified atom stereocenters. The number of nitrogens with one attached hydrogen (secondary N) is 8. The Hall–Kier alpha value is -0.640. The Morgan fingerprint density at radius 3 is 0.490 bits per heavy atom. The van der Waals surface area contributed by atoms with Gasteiger partial charge in [-0.2, -0.15) is 0 Å². The van der Waals surface area contributed by atoms with Crippen LogP contribution in [0.25, 0.3) is 0 Å². The summed E-state index contributed by atoms with van der Waals surface area (Å²) in [7, 11) is 0. The predicted molar refractivity (Wildman–Crippen MR) is 415 cm³/mol. The smallest absolute Gasteiger partial charge is 0.0667 e. The van der Waals surface area contributed by atoms with Gasteiger partial charge in [-0.15, -0.1) is 0 Å². The molecule has 5 heterocycles. The predicted octanol–water partition coefficient (Wildman–Crippen LogP) is 15.1. The van der Waals surface area contributed by atoms with Crippen LogP contribution in [0.1, 0.15) is 287 Å². The van der Waals surface area contributed by atoms with Gasteiger partial charge in [0.2, 0.25) is 0 Å². The van der Waals surface area contributed by atoms with E-state index in [0.717, 1.165) is 179 Å². The molecule has 36 atom stereocenters. The first kappa shape index (κ1) is 78.6. The maximum Gasteiger partial charge on any atom is 0.0667 e. The lowest BCUT2D eigenvalue weighted by Gasteiger charge is -2.57. The number of hydrogen-bond acceptors (Lipinski definition) is 16. The van der Waals surface area contributed by atoms with Crippen LogP contribution >= 0.6 is 0 Å². The van der Waals surface area contributed by atoms with Crippen molar-refractivity contribution in [2.45, 2.75) is 385 Å². The second-order valence-corrected chi connectivity index (χ2v) is 37.7. The Kier molecular flexibility index (Phi) is 28.4. The fraction of sp³-hybridized carbons (Fsp3) is 1.00. The summed E-state index contributed by atoms with van der Waals surface area (Å²) >= 11 is 0. The first-order chi connectivity index (χ1) is 51.3. The molecule has 104 heavy (non-hydrogen) atoms. The van der Waals surface area contributed by atoms with Gasteiger partial charge in [-0.05, 0) is 174 Å². The Morgan fingerprint density at radius 2 is 0.337 bits per heavy atom. The van der Waals surface area contributed by atoms with Gasteiger partial charge < -0.3 is 37.9 Å². The standard InChI is InChI=1S/C88H156N8O8/c1-9-17-41-97-73-57-37-29-30-38-58(57)74(98-42-18-10-2)66-65(73)81-89-82(66)92-86-71-72(80(104-48-24-16-8)64-52-56-36-28-27-35-55(56)51-63(64)79(71)103-47-23-15-7)88(96-86)94-84-68-67(75(99-43-19-11-3)59-39-31-32-40-60(59)76(68)100-44-20-12-4)83(90-84)93-87-70-69(85(91-81)95-87)77(101-45-21-13-5)61-49-53-33-25-26-34-54(53)50-62(61)78(70)102-46-22-14-6/h53-96H,9-52H2,1-8H3. The van der Waals surface area contributed by atoms with Crippen molar-refractivity contribution in [3.8, 4) is 0 Å². The summed E-state index contributed by atoms with van der Waals surface area (Å²) in [5.41, 5.74) is 0. The Balaban J connectivity index is 0.922. The summed E-state index contributed by atoms with van der Waals surface area (Å²) in [5.74, 6) is 7.85. The van der Waals surface area contributed by atoms with Crippen LogP contribution in [0.5, 0.6) is 0 Å². The van der Waals surface area contributed by atoms with E-state index in [1.807, 2.05) is 0 Å². The summed E-state index contributed by atoms with van der Waals surface area (Å²) in [4.78, 5) is 0. The summed E-state index contributed by atoms with van der Waals surface area (Å²) in [6.07, 6.45) is 44.0. The van der Waals surface area contributed by atoms with Crippen LogP contribution in [-0.4, -0.2) is 151 Å². The molecule has 15 fully saturated rings. The summed E-state index contributed by atoms with van der Waals surface area (Å²) < 4.78 is 62.7. The van der Waals surface area contributed by atoms with Crippen LogP contribution in [0.4, 0.5) is 0 Å². The molecule has 16 heteroatoms. The SMILES string of the molecule is CCCCOC1C2CCCCC2C(OCCCC)C2C3NC(NC4NC(NC5NC(NC6NC(N3)C3C(OCCCC)C7CC8CCCCC8CC7C(OCCCC)C63)C3C(OCCCC)C6CCCCC6C(OCCCC)C53)C3C(OCCCC)C5CC6CCCCC6CC5C(OCCCC)C43)C12. The third kappa shape index (κ3) is 16.2. The number of fused-ring (bicyclic) bond motifs is 26. The lowest BCUT2D eigenvalue weighted by atomic mass is 9.54. The van der Waals surface area contributed by atoms with Crippen molar-refractivity contribution in [3.63, 3.8) is 0 Å². The minimum Gasteiger partial charge on any atom is -0.378 e. The second kappa shape index (κ2) is 37.5. The van der Waals surface area contributed by atoms with Crippen molar-refractivity contribution in [1.29, 1.82) is 0 Å². The molecular formula is C88H156N8O8. The number of hydrogen-bond donors (Lipinski definition) is 8. The van der Waals surface area contributed by atoms with Gasteiger partial charge >= 0.3 is 0 Å². The maximum atomic E-state index is 7.89. The molecule has 15 aliphatic rings. The van der Waals surface area contributed by atoms with Gasteiger partial charge in [0, 0.05) is 100 Å². The van der Waals surface area contributed by atoms with Crippen LogP contribution < -0.4 is 42.5 Å². The second-order valence-electron chi connectivity index (χ2n) is 37.7. The van der Waals surface area contributed by atoms with E-state index in [1.165, 1.54) is 128 Å². The van der Waals surface area contributed by atoms with Gasteiger partial charge in [-0.1, -0.05) is 184 Å². The number of unbranched alkanes of at least 4 members (excludes halogenated alkanes) is 8. The van der Waals surface area contributed by atoms with Crippen molar-refractivity contribution < 1.29 is 37.9 Å². The minimum absolute atomic E-state index is 0.0703. The molecule has 0 amide bonds.